The molecule has 2 rings (SSSR count). The molecule has 1 atom stereocenters. The number of hydrogen-bond acceptors (Lipinski definition) is 5. The molecule has 0 radical (unpaired) electrons. The first-order valence-corrected chi connectivity index (χ1v) is 14.4. The number of carbonyl (C=O) groups excluding carboxylic acids is 2. The Morgan fingerprint density at radius 3 is 2.22 bits per heavy atom. The van der Waals surface area contributed by atoms with Gasteiger partial charge in [0.15, 0.2) is 0 Å². The highest BCUT2D eigenvalue weighted by molar-refractivity contribution is 7.92. The summed E-state index contributed by atoms with van der Waals surface area (Å²) >= 11 is 12.2. The van der Waals surface area contributed by atoms with Crippen LogP contribution in [0, 0.1) is 0 Å². The molecule has 2 amide bonds. The zero-order chi connectivity index (χ0) is 28.0. The fourth-order valence-corrected chi connectivity index (χ4v) is 4.99. The summed E-state index contributed by atoms with van der Waals surface area (Å²) in [4.78, 5) is 27.7. The van der Waals surface area contributed by atoms with Crippen LogP contribution in [0.25, 0.3) is 0 Å². The summed E-state index contributed by atoms with van der Waals surface area (Å²) in [7, 11) is -2.17. The Balaban J connectivity index is 2.20. The summed E-state index contributed by atoms with van der Waals surface area (Å²) in [6.07, 6.45) is 1.37. The molecular formula is C26H35Cl2N3O5S. The first-order valence-electron chi connectivity index (χ1n) is 11.8. The molecular weight excluding hydrogens is 537 g/mol. The molecule has 0 bridgehead atoms. The van der Waals surface area contributed by atoms with Gasteiger partial charge in [-0.3, -0.25) is 13.9 Å². The molecule has 1 N–H and O–H groups in total. The average Bonchev–Trinajstić information content (AvgIpc) is 2.79. The Kier molecular flexibility index (Phi) is 10.7. The smallest absolute Gasteiger partial charge is 0.242 e. The maximum Gasteiger partial charge on any atom is 0.242 e. The molecule has 0 fully saturated rings. The number of nitrogens with zero attached hydrogens (tertiary/aromatic N) is 2. The zero-order valence-electron chi connectivity index (χ0n) is 22.0. The van der Waals surface area contributed by atoms with E-state index in [1.165, 1.54) is 22.4 Å². The van der Waals surface area contributed by atoms with E-state index in [2.05, 4.69) is 5.32 Å². The van der Waals surface area contributed by atoms with Gasteiger partial charge >= 0.3 is 0 Å². The van der Waals surface area contributed by atoms with Crippen LogP contribution in [-0.4, -0.2) is 56.6 Å². The number of anilines is 1. The summed E-state index contributed by atoms with van der Waals surface area (Å²) in [5.41, 5.74) is 0.728. The molecule has 0 spiro atoms. The fraction of sp³-hybridized carbons (Fsp3) is 0.462. The van der Waals surface area contributed by atoms with Crippen molar-refractivity contribution >= 4 is 50.7 Å². The minimum atomic E-state index is -3.64. The number of benzene rings is 2. The van der Waals surface area contributed by atoms with Crippen LogP contribution in [0.2, 0.25) is 10.0 Å². The lowest BCUT2D eigenvalue weighted by Gasteiger charge is -2.32. The van der Waals surface area contributed by atoms with Crippen LogP contribution in [0.15, 0.2) is 42.5 Å². The molecule has 37 heavy (non-hydrogen) atoms. The van der Waals surface area contributed by atoms with Crippen molar-refractivity contribution in [1.82, 2.24) is 10.2 Å². The number of sulfonamides is 1. The molecule has 1 unspecified atom stereocenters. The summed E-state index contributed by atoms with van der Waals surface area (Å²) in [5, 5.41) is 3.76. The van der Waals surface area contributed by atoms with E-state index < -0.39 is 21.6 Å². The molecule has 0 heterocycles. The highest BCUT2D eigenvalue weighted by Gasteiger charge is 2.28. The van der Waals surface area contributed by atoms with Crippen molar-refractivity contribution in [3.05, 3.63) is 58.1 Å². The first kappa shape index (κ1) is 30.7. The lowest BCUT2D eigenvalue weighted by molar-refractivity contribution is -0.141. The van der Waals surface area contributed by atoms with Gasteiger partial charge in [0.05, 0.1) is 24.1 Å². The molecule has 0 saturated carbocycles. The van der Waals surface area contributed by atoms with E-state index in [-0.39, 0.29) is 42.8 Å². The van der Waals surface area contributed by atoms with E-state index in [1.807, 2.05) is 20.8 Å². The third kappa shape index (κ3) is 9.39. The second kappa shape index (κ2) is 12.8. The van der Waals surface area contributed by atoms with Gasteiger partial charge in [-0.2, -0.15) is 0 Å². The van der Waals surface area contributed by atoms with Crippen molar-refractivity contribution in [2.75, 3.05) is 24.2 Å². The third-order valence-electron chi connectivity index (χ3n) is 5.51. The van der Waals surface area contributed by atoms with Crippen molar-refractivity contribution in [3.63, 3.8) is 0 Å². The largest absolute Gasteiger partial charge is 0.495 e. The van der Waals surface area contributed by atoms with E-state index >= 15 is 0 Å². The molecule has 2 aromatic carbocycles. The van der Waals surface area contributed by atoms with Crippen molar-refractivity contribution in [2.45, 2.75) is 58.7 Å². The number of hydrogen-bond donors (Lipinski definition) is 1. The van der Waals surface area contributed by atoms with Gasteiger partial charge in [0.1, 0.15) is 11.8 Å². The van der Waals surface area contributed by atoms with Crippen LogP contribution in [0.4, 0.5) is 5.69 Å². The van der Waals surface area contributed by atoms with Gasteiger partial charge in [0.2, 0.25) is 21.8 Å². The molecule has 11 heteroatoms. The van der Waals surface area contributed by atoms with Crippen LogP contribution in [0.3, 0.4) is 0 Å². The lowest BCUT2D eigenvalue weighted by Crippen LogP contribution is -2.52. The quantitative estimate of drug-likeness (QED) is 0.414. The molecule has 204 valence electrons. The molecule has 8 nitrogen and oxygen atoms in total. The standard InChI is InChI=1S/C26H35Cl2N3O5S/c1-18(25(33)29-26(2,3)4)30(17-19-9-11-20(27)12-10-19)24(32)8-7-15-31(37(6,34)35)21-13-14-23(36-5)22(28)16-21/h9-14,16,18H,7-8,15,17H2,1-6H3,(H,29,33). The van der Waals surface area contributed by atoms with Crippen LogP contribution < -0.4 is 14.4 Å². The van der Waals surface area contributed by atoms with Gasteiger partial charge in [-0.15, -0.1) is 0 Å². The van der Waals surface area contributed by atoms with Gasteiger partial charge in [0, 0.05) is 30.1 Å². The Morgan fingerprint density at radius 2 is 1.70 bits per heavy atom. The minimum absolute atomic E-state index is 0.0383. The Labute approximate surface area is 229 Å². The fourth-order valence-electron chi connectivity index (χ4n) is 3.66. The molecule has 0 aliphatic rings. The van der Waals surface area contributed by atoms with E-state index in [1.54, 1.807) is 43.3 Å². The van der Waals surface area contributed by atoms with Crippen molar-refractivity contribution < 1.29 is 22.7 Å². The van der Waals surface area contributed by atoms with Crippen molar-refractivity contribution in [1.29, 1.82) is 0 Å². The summed E-state index contributed by atoms with van der Waals surface area (Å²) in [5.74, 6) is -0.123. The average molecular weight is 573 g/mol. The second-order valence-electron chi connectivity index (χ2n) is 9.82. The normalized spacial score (nSPS) is 12.5. The third-order valence-corrected chi connectivity index (χ3v) is 7.25. The van der Waals surface area contributed by atoms with Gasteiger partial charge in [-0.25, -0.2) is 8.42 Å². The predicted octanol–water partition coefficient (Wildman–Crippen LogP) is 4.88. The number of amides is 2. The van der Waals surface area contributed by atoms with Crippen LogP contribution in [0.5, 0.6) is 5.75 Å². The molecule has 0 aliphatic heterocycles. The predicted molar refractivity (Wildman–Crippen MR) is 149 cm³/mol. The minimum Gasteiger partial charge on any atom is -0.495 e. The van der Waals surface area contributed by atoms with Gasteiger partial charge in [0.25, 0.3) is 0 Å². The SMILES string of the molecule is COc1ccc(N(CCCC(=O)N(Cc2ccc(Cl)cc2)C(C)C(=O)NC(C)(C)C)S(C)(=O)=O)cc1Cl. The lowest BCUT2D eigenvalue weighted by atomic mass is 10.1. The van der Waals surface area contributed by atoms with Crippen LogP contribution in [-0.2, 0) is 26.2 Å². The highest BCUT2D eigenvalue weighted by atomic mass is 35.5. The topological polar surface area (TPSA) is 96.0 Å². The van der Waals surface area contributed by atoms with Crippen LogP contribution >= 0.6 is 23.2 Å². The molecule has 0 aromatic heterocycles. The molecule has 0 saturated heterocycles. The Hall–Kier alpha value is -2.49. The van der Waals surface area contributed by atoms with E-state index in [4.69, 9.17) is 27.9 Å². The Morgan fingerprint density at radius 1 is 1.08 bits per heavy atom. The van der Waals surface area contributed by atoms with Crippen LogP contribution in [0.1, 0.15) is 46.1 Å². The molecule has 2 aromatic rings. The summed E-state index contributed by atoms with van der Waals surface area (Å²) < 4.78 is 31.3. The maximum atomic E-state index is 13.3. The highest BCUT2D eigenvalue weighted by Crippen LogP contribution is 2.30. The van der Waals surface area contributed by atoms with Gasteiger partial charge < -0.3 is 15.0 Å². The maximum absolute atomic E-state index is 13.3. The number of rotatable bonds is 11. The van der Waals surface area contributed by atoms with E-state index in [9.17, 15) is 18.0 Å². The van der Waals surface area contributed by atoms with Crippen molar-refractivity contribution in [3.8, 4) is 5.75 Å². The first-order chi connectivity index (χ1) is 17.1. The number of carbonyl (C=O) groups is 2. The Bertz CT molecular complexity index is 1200. The zero-order valence-corrected chi connectivity index (χ0v) is 24.4. The molecule has 0 aliphatic carbocycles. The number of methoxy groups -OCH3 is 1. The summed E-state index contributed by atoms with van der Waals surface area (Å²) in [6.45, 7) is 7.55. The van der Waals surface area contributed by atoms with Gasteiger partial charge in [-0.1, -0.05) is 35.3 Å². The number of ether oxygens (including phenoxy) is 1. The van der Waals surface area contributed by atoms with Gasteiger partial charge in [-0.05, 0) is 70.0 Å². The van der Waals surface area contributed by atoms with E-state index in [0.29, 0.717) is 16.5 Å². The second-order valence-corrected chi connectivity index (χ2v) is 12.6. The monoisotopic (exact) mass is 571 g/mol. The van der Waals surface area contributed by atoms with E-state index in [0.717, 1.165) is 11.8 Å². The van der Waals surface area contributed by atoms with Crippen molar-refractivity contribution in [2.24, 2.45) is 0 Å². The summed E-state index contributed by atoms with van der Waals surface area (Å²) in [6, 6.07) is 11.0. The number of halogens is 2. The number of nitrogens with one attached hydrogen (secondary N) is 1.